The highest BCUT2D eigenvalue weighted by Gasteiger charge is 2.22. The molecule has 1 amide bonds. The molecule has 3 aromatic heterocycles. The van der Waals surface area contributed by atoms with Crippen LogP contribution in [0, 0.1) is 13.8 Å². The lowest BCUT2D eigenvalue weighted by Crippen LogP contribution is -2.16. The molecular formula is C20H19N5O3S2. The molecule has 4 rings (SSSR count). The second kappa shape index (κ2) is 8.41. The predicted molar refractivity (Wildman–Crippen MR) is 118 cm³/mol. The van der Waals surface area contributed by atoms with Crippen molar-refractivity contribution in [3.05, 3.63) is 40.3 Å². The second-order valence-corrected chi connectivity index (χ2v) is 8.67. The summed E-state index contributed by atoms with van der Waals surface area (Å²) in [5, 5.41) is 13.0. The monoisotopic (exact) mass is 441 g/mol. The van der Waals surface area contributed by atoms with Crippen LogP contribution in [-0.2, 0) is 9.53 Å². The molecule has 30 heavy (non-hydrogen) atoms. The largest absolute Gasteiger partial charge is 0.462 e. The molecule has 0 saturated carbocycles. The van der Waals surface area contributed by atoms with Crippen LogP contribution in [0.1, 0.15) is 27.7 Å². The van der Waals surface area contributed by atoms with Crippen molar-refractivity contribution in [2.75, 3.05) is 17.7 Å². The Bertz CT molecular complexity index is 1260. The molecule has 0 saturated heterocycles. The molecule has 0 radical (unpaired) electrons. The standard InChI is InChI=1S/C20H19N5O3S2/c1-4-28-19(27)15-10(2)11(3)30-18(15)22-14(26)9-29-20-23-17-16(24-25-20)12-7-5-6-8-13(12)21-17/h5-8H,4,9H2,1-3H3,(H,22,26)(H,21,23,25). The molecule has 4 aromatic rings. The third-order valence-corrected chi connectivity index (χ3v) is 6.51. The molecule has 0 spiro atoms. The van der Waals surface area contributed by atoms with Gasteiger partial charge in [-0.1, -0.05) is 30.0 Å². The zero-order valence-corrected chi connectivity index (χ0v) is 18.2. The van der Waals surface area contributed by atoms with E-state index in [4.69, 9.17) is 4.74 Å². The number of nitrogens with one attached hydrogen (secondary N) is 2. The van der Waals surface area contributed by atoms with Crippen molar-refractivity contribution in [1.82, 2.24) is 20.2 Å². The molecule has 0 bridgehead atoms. The molecule has 0 aliphatic rings. The van der Waals surface area contributed by atoms with E-state index in [1.54, 1.807) is 6.92 Å². The summed E-state index contributed by atoms with van der Waals surface area (Å²) in [6, 6.07) is 7.77. The van der Waals surface area contributed by atoms with Crippen LogP contribution in [0.4, 0.5) is 5.00 Å². The SMILES string of the molecule is CCOC(=O)c1c(NC(=O)CSc2nnc3c(n2)[nH]c2ccccc23)sc(C)c1C. The van der Waals surface area contributed by atoms with Gasteiger partial charge in [0, 0.05) is 15.8 Å². The van der Waals surface area contributed by atoms with Crippen molar-refractivity contribution in [1.29, 1.82) is 0 Å². The maximum atomic E-state index is 12.5. The van der Waals surface area contributed by atoms with Gasteiger partial charge in [-0.3, -0.25) is 4.79 Å². The lowest BCUT2D eigenvalue weighted by molar-refractivity contribution is -0.113. The van der Waals surface area contributed by atoms with E-state index in [0.717, 1.165) is 21.3 Å². The van der Waals surface area contributed by atoms with Crippen LogP contribution in [0.3, 0.4) is 0 Å². The van der Waals surface area contributed by atoms with Gasteiger partial charge in [0.25, 0.3) is 0 Å². The number of anilines is 1. The van der Waals surface area contributed by atoms with Gasteiger partial charge in [-0.25, -0.2) is 9.78 Å². The van der Waals surface area contributed by atoms with Gasteiger partial charge in [-0.05, 0) is 32.4 Å². The van der Waals surface area contributed by atoms with E-state index in [9.17, 15) is 9.59 Å². The van der Waals surface area contributed by atoms with E-state index >= 15 is 0 Å². The molecule has 0 fully saturated rings. The number of carbonyl (C=O) groups excluding carboxylic acids is 2. The minimum atomic E-state index is -0.431. The number of fused-ring (bicyclic) bond motifs is 3. The lowest BCUT2D eigenvalue weighted by Gasteiger charge is -2.06. The molecule has 0 atom stereocenters. The van der Waals surface area contributed by atoms with Crippen LogP contribution in [0.15, 0.2) is 29.4 Å². The van der Waals surface area contributed by atoms with Gasteiger partial charge in [0.05, 0.1) is 17.9 Å². The fourth-order valence-corrected chi connectivity index (χ4v) is 4.68. The van der Waals surface area contributed by atoms with Crippen molar-refractivity contribution < 1.29 is 14.3 Å². The van der Waals surface area contributed by atoms with Crippen LogP contribution < -0.4 is 5.32 Å². The number of H-pyrrole nitrogens is 1. The highest BCUT2D eigenvalue weighted by molar-refractivity contribution is 7.99. The Hall–Kier alpha value is -2.98. The molecular weight excluding hydrogens is 422 g/mol. The van der Waals surface area contributed by atoms with Gasteiger partial charge < -0.3 is 15.0 Å². The number of hydrogen-bond acceptors (Lipinski definition) is 8. The number of aromatic amines is 1. The van der Waals surface area contributed by atoms with Gasteiger partial charge in [0.15, 0.2) is 5.65 Å². The Labute approximate surface area is 180 Å². The van der Waals surface area contributed by atoms with Crippen molar-refractivity contribution in [2.24, 2.45) is 0 Å². The molecule has 1 aromatic carbocycles. The van der Waals surface area contributed by atoms with E-state index in [-0.39, 0.29) is 18.3 Å². The fraction of sp³-hybridized carbons (Fsp3) is 0.250. The highest BCUT2D eigenvalue weighted by atomic mass is 32.2. The summed E-state index contributed by atoms with van der Waals surface area (Å²) in [6.45, 7) is 5.77. The fourth-order valence-electron chi connectivity index (χ4n) is 3.02. The summed E-state index contributed by atoms with van der Waals surface area (Å²) in [6.07, 6.45) is 0. The van der Waals surface area contributed by atoms with Crippen molar-refractivity contribution in [3.63, 3.8) is 0 Å². The van der Waals surface area contributed by atoms with E-state index in [1.807, 2.05) is 38.1 Å². The number of rotatable bonds is 6. The number of hydrogen-bond donors (Lipinski definition) is 2. The molecule has 8 nitrogen and oxygen atoms in total. The average Bonchev–Trinajstić information content (AvgIpc) is 3.23. The van der Waals surface area contributed by atoms with E-state index in [2.05, 4.69) is 25.5 Å². The Kier molecular flexibility index (Phi) is 5.69. The summed E-state index contributed by atoms with van der Waals surface area (Å²) in [7, 11) is 0. The molecule has 0 unspecified atom stereocenters. The second-order valence-electron chi connectivity index (χ2n) is 6.51. The number of esters is 1. The quantitative estimate of drug-likeness (QED) is 0.342. The Morgan fingerprint density at radius 2 is 2.03 bits per heavy atom. The number of carbonyl (C=O) groups is 2. The van der Waals surface area contributed by atoms with Crippen LogP contribution >= 0.6 is 23.1 Å². The maximum absolute atomic E-state index is 12.5. The molecule has 2 N–H and O–H groups in total. The topological polar surface area (TPSA) is 110 Å². The molecule has 0 aliphatic heterocycles. The Balaban J connectivity index is 1.47. The van der Waals surface area contributed by atoms with Crippen molar-refractivity contribution in [3.8, 4) is 0 Å². The molecule has 10 heteroatoms. The first-order chi connectivity index (χ1) is 14.5. The normalized spacial score (nSPS) is 11.2. The smallest absolute Gasteiger partial charge is 0.341 e. The van der Waals surface area contributed by atoms with Gasteiger partial charge >= 0.3 is 5.97 Å². The number of aromatic nitrogens is 4. The van der Waals surface area contributed by atoms with Crippen LogP contribution in [0.5, 0.6) is 0 Å². The third kappa shape index (κ3) is 3.88. The van der Waals surface area contributed by atoms with Crippen LogP contribution in [0.25, 0.3) is 22.1 Å². The minimum absolute atomic E-state index is 0.0890. The first-order valence-electron chi connectivity index (χ1n) is 9.28. The van der Waals surface area contributed by atoms with Gasteiger partial charge in [-0.15, -0.1) is 21.5 Å². The van der Waals surface area contributed by atoms with Crippen molar-refractivity contribution in [2.45, 2.75) is 25.9 Å². The number of aryl methyl sites for hydroxylation is 1. The average molecular weight is 442 g/mol. The summed E-state index contributed by atoms with van der Waals surface area (Å²) in [4.78, 5) is 33.4. The van der Waals surface area contributed by atoms with Crippen LogP contribution in [-0.4, -0.2) is 44.4 Å². The minimum Gasteiger partial charge on any atom is -0.462 e. The van der Waals surface area contributed by atoms with E-state index < -0.39 is 5.97 Å². The number of para-hydroxylation sites is 1. The maximum Gasteiger partial charge on any atom is 0.341 e. The number of amides is 1. The van der Waals surface area contributed by atoms with Crippen molar-refractivity contribution >= 4 is 62.0 Å². The zero-order chi connectivity index (χ0) is 21.3. The number of ether oxygens (including phenoxy) is 1. The third-order valence-electron chi connectivity index (χ3n) is 4.55. The Morgan fingerprint density at radius 3 is 2.83 bits per heavy atom. The van der Waals surface area contributed by atoms with E-state index in [0.29, 0.717) is 26.9 Å². The lowest BCUT2D eigenvalue weighted by atomic mass is 10.1. The molecule has 154 valence electrons. The predicted octanol–water partition coefficient (Wildman–Crippen LogP) is 4.09. The number of benzene rings is 1. The van der Waals surface area contributed by atoms with Gasteiger partial charge in [0.2, 0.25) is 11.1 Å². The van der Waals surface area contributed by atoms with Gasteiger partial charge in [-0.2, -0.15) is 0 Å². The zero-order valence-electron chi connectivity index (χ0n) is 16.6. The summed E-state index contributed by atoms with van der Waals surface area (Å²) < 4.78 is 5.12. The first-order valence-corrected chi connectivity index (χ1v) is 11.1. The summed E-state index contributed by atoms with van der Waals surface area (Å²) >= 11 is 2.54. The van der Waals surface area contributed by atoms with E-state index in [1.165, 1.54) is 23.1 Å². The van der Waals surface area contributed by atoms with Crippen LogP contribution in [0.2, 0.25) is 0 Å². The number of thioether (sulfide) groups is 1. The summed E-state index contributed by atoms with van der Waals surface area (Å²) in [5.41, 5.74) is 3.49. The Morgan fingerprint density at radius 1 is 1.23 bits per heavy atom. The number of nitrogens with zero attached hydrogens (tertiary/aromatic N) is 3. The first kappa shape index (κ1) is 20.3. The highest BCUT2D eigenvalue weighted by Crippen LogP contribution is 2.33. The van der Waals surface area contributed by atoms with Gasteiger partial charge in [0.1, 0.15) is 10.5 Å². The summed E-state index contributed by atoms with van der Waals surface area (Å²) in [5.74, 6) is -0.600. The molecule has 3 heterocycles. The number of thiophene rings is 1. The molecule has 0 aliphatic carbocycles.